The van der Waals surface area contributed by atoms with E-state index in [1.807, 2.05) is 54.3 Å². The summed E-state index contributed by atoms with van der Waals surface area (Å²) in [5.41, 5.74) is 2.45. The molecule has 222 valence electrons. The van der Waals surface area contributed by atoms with Crippen molar-refractivity contribution < 1.29 is 24.2 Å². The van der Waals surface area contributed by atoms with Crippen molar-refractivity contribution in [1.82, 2.24) is 9.80 Å². The second-order valence-corrected chi connectivity index (χ2v) is 12.9. The minimum atomic E-state index is -1.05. The van der Waals surface area contributed by atoms with Gasteiger partial charge in [0, 0.05) is 37.7 Å². The number of aryl methyl sites for hydroxylation is 1. The summed E-state index contributed by atoms with van der Waals surface area (Å²) in [5, 5.41) is 12.8. The highest BCUT2D eigenvalue weighted by atomic mass is 16.6. The standard InChI is InChI=1S/C35H42N2O5/c1-6-17-36-18-16-34-31-26-11-12-28(41-24(5)38)32(31)42-33(34)27(14-15-35(34,40)29(36)20-26)37(21-22(2)3)30(39)13-10-25-9-7-8-23(4)19-25/h6-13,19,22,27,29,33,40H,1,14-18,20-21H2,2-5H3/t27-,29+,33-,34-,35+/m0/s1. The molecule has 2 fully saturated rings. The molecule has 4 aliphatic rings. The fourth-order valence-corrected chi connectivity index (χ4v) is 8.35. The Bertz CT molecular complexity index is 1450. The number of esters is 1. The van der Waals surface area contributed by atoms with Gasteiger partial charge in [-0.25, -0.2) is 0 Å². The van der Waals surface area contributed by atoms with Crippen LogP contribution in [0.15, 0.2) is 55.1 Å². The predicted molar refractivity (Wildman–Crippen MR) is 162 cm³/mol. The summed E-state index contributed by atoms with van der Waals surface area (Å²) in [4.78, 5) is 30.4. The molecule has 2 aromatic carbocycles. The lowest BCUT2D eigenvalue weighted by Crippen LogP contribution is -2.78. The Morgan fingerprint density at radius 3 is 2.79 bits per heavy atom. The summed E-state index contributed by atoms with van der Waals surface area (Å²) >= 11 is 0. The van der Waals surface area contributed by atoms with Gasteiger partial charge in [0.25, 0.3) is 0 Å². The number of piperidine rings is 1. The third kappa shape index (κ3) is 4.40. The van der Waals surface area contributed by atoms with E-state index in [1.54, 1.807) is 6.08 Å². The third-order valence-electron chi connectivity index (χ3n) is 9.85. The van der Waals surface area contributed by atoms with Crippen molar-refractivity contribution >= 4 is 18.0 Å². The minimum absolute atomic E-state index is 0.0616. The summed E-state index contributed by atoms with van der Waals surface area (Å²) in [6.45, 7) is 13.7. The largest absolute Gasteiger partial charge is 0.483 e. The fourth-order valence-electron chi connectivity index (χ4n) is 8.35. The highest BCUT2D eigenvalue weighted by Gasteiger charge is 2.73. The first-order chi connectivity index (χ1) is 20.1. The number of carbonyl (C=O) groups is 2. The molecule has 1 spiro atoms. The molecule has 2 aliphatic heterocycles. The van der Waals surface area contributed by atoms with Crippen molar-refractivity contribution in [2.75, 3.05) is 19.6 Å². The summed E-state index contributed by atoms with van der Waals surface area (Å²) in [5.74, 6) is 0.707. The van der Waals surface area contributed by atoms with Crippen molar-refractivity contribution in [3.05, 3.63) is 77.4 Å². The molecule has 2 bridgehead atoms. The van der Waals surface area contributed by atoms with Gasteiger partial charge in [-0.05, 0) is 68.3 Å². The molecule has 1 saturated heterocycles. The Morgan fingerprint density at radius 1 is 1.26 bits per heavy atom. The number of nitrogens with zero attached hydrogens (tertiary/aromatic N) is 2. The van der Waals surface area contributed by atoms with E-state index >= 15 is 0 Å². The monoisotopic (exact) mass is 570 g/mol. The second-order valence-electron chi connectivity index (χ2n) is 12.9. The fraction of sp³-hybridized carbons (Fsp3) is 0.486. The van der Waals surface area contributed by atoms with Crippen molar-refractivity contribution in [2.24, 2.45) is 5.92 Å². The molecule has 2 aromatic rings. The second kappa shape index (κ2) is 10.7. The first-order valence-electron chi connectivity index (χ1n) is 15.2. The maximum atomic E-state index is 14.0. The van der Waals surface area contributed by atoms with Gasteiger partial charge in [0.2, 0.25) is 5.91 Å². The zero-order valence-electron chi connectivity index (χ0n) is 25.1. The minimum Gasteiger partial charge on any atom is -0.483 e. The molecule has 7 nitrogen and oxygen atoms in total. The van der Waals surface area contributed by atoms with E-state index in [9.17, 15) is 14.7 Å². The van der Waals surface area contributed by atoms with Gasteiger partial charge in [0.1, 0.15) is 6.10 Å². The van der Waals surface area contributed by atoms with Crippen LogP contribution < -0.4 is 9.47 Å². The summed E-state index contributed by atoms with van der Waals surface area (Å²) in [6.07, 6.45) is 7.52. The molecular formula is C35H42N2O5. The molecule has 2 aliphatic carbocycles. The van der Waals surface area contributed by atoms with E-state index in [0.29, 0.717) is 50.3 Å². The maximum Gasteiger partial charge on any atom is 0.308 e. The number of likely N-dealkylation sites (tertiary alicyclic amines) is 1. The van der Waals surface area contributed by atoms with Crippen molar-refractivity contribution in [1.29, 1.82) is 0 Å². The van der Waals surface area contributed by atoms with Gasteiger partial charge in [-0.3, -0.25) is 14.5 Å². The number of rotatable bonds is 8. The van der Waals surface area contributed by atoms with Gasteiger partial charge < -0.3 is 19.5 Å². The topological polar surface area (TPSA) is 79.3 Å². The Hall–Kier alpha value is -3.42. The van der Waals surface area contributed by atoms with Crippen LogP contribution in [0.25, 0.3) is 6.08 Å². The lowest BCUT2D eigenvalue weighted by molar-refractivity contribution is -0.199. The number of aliphatic hydroxyl groups is 1. The average Bonchev–Trinajstić information content (AvgIpc) is 3.29. The molecular weight excluding hydrogens is 528 g/mol. The van der Waals surface area contributed by atoms with Crippen LogP contribution in [0.4, 0.5) is 0 Å². The summed E-state index contributed by atoms with van der Waals surface area (Å²) < 4.78 is 12.5. The van der Waals surface area contributed by atoms with E-state index in [-0.39, 0.29) is 23.9 Å². The van der Waals surface area contributed by atoms with Crippen molar-refractivity contribution in [3.63, 3.8) is 0 Å². The van der Waals surface area contributed by atoms with Gasteiger partial charge in [0.15, 0.2) is 11.5 Å². The Labute approximate surface area is 248 Å². The van der Waals surface area contributed by atoms with Crippen molar-refractivity contribution in [2.45, 2.75) is 82.6 Å². The van der Waals surface area contributed by atoms with E-state index in [1.165, 1.54) is 6.92 Å². The van der Waals surface area contributed by atoms with Gasteiger partial charge in [0.05, 0.1) is 17.1 Å². The molecule has 0 unspecified atom stereocenters. The number of ether oxygens (including phenoxy) is 2. The Balaban J connectivity index is 1.45. The molecule has 1 N–H and O–H groups in total. The van der Waals surface area contributed by atoms with E-state index in [2.05, 4.69) is 31.4 Å². The highest BCUT2D eigenvalue weighted by Crippen LogP contribution is 2.66. The van der Waals surface area contributed by atoms with Crippen LogP contribution >= 0.6 is 0 Å². The number of carbonyl (C=O) groups excluding carboxylic acids is 2. The van der Waals surface area contributed by atoms with Gasteiger partial charge in [-0.15, -0.1) is 6.58 Å². The highest BCUT2D eigenvalue weighted by molar-refractivity contribution is 5.92. The van der Waals surface area contributed by atoms with E-state index < -0.39 is 23.1 Å². The molecule has 42 heavy (non-hydrogen) atoms. The molecule has 1 saturated carbocycles. The first kappa shape index (κ1) is 28.7. The SMILES string of the molecule is C=CCN1CC[C@]23c4c5ccc(OC(C)=O)c4O[C@H]2[C@@H](N(CC(C)C)C(=O)C=Cc2cccc(C)c2)CC[C@@]3(O)[C@H]1C5. The number of hydrogen-bond acceptors (Lipinski definition) is 6. The number of benzene rings is 2. The lowest BCUT2D eigenvalue weighted by Gasteiger charge is -2.64. The van der Waals surface area contributed by atoms with Gasteiger partial charge in [-0.1, -0.05) is 55.8 Å². The van der Waals surface area contributed by atoms with Crippen molar-refractivity contribution in [3.8, 4) is 11.5 Å². The van der Waals surface area contributed by atoms with Gasteiger partial charge in [-0.2, -0.15) is 0 Å². The van der Waals surface area contributed by atoms with Gasteiger partial charge >= 0.3 is 5.97 Å². The Morgan fingerprint density at radius 2 is 2.07 bits per heavy atom. The quantitative estimate of drug-likeness (QED) is 0.212. The molecule has 0 radical (unpaired) electrons. The van der Waals surface area contributed by atoms with Crippen LogP contribution in [0.3, 0.4) is 0 Å². The molecule has 2 heterocycles. The molecule has 5 atom stereocenters. The normalized spacial score (nSPS) is 29.2. The molecule has 1 amide bonds. The third-order valence-corrected chi connectivity index (χ3v) is 9.85. The number of hydrogen-bond donors (Lipinski definition) is 1. The first-order valence-corrected chi connectivity index (χ1v) is 15.2. The number of amides is 1. The lowest BCUT2D eigenvalue weighted by atomic mass is 9.48. The molecule has 7 heteroatoms. The summed E-state index contributed by atoms with van der Waals surface area (Å²) in [6, 6.07) is 11.6. The predicted octanol–water partition coefficient (Wildman–Crippen LogP) is 4.83. The Kier molecular flexibility index (Phi) is 7.30. The molecule has 0 aromatic heterocycles. The maximum absolute atomic E-state index is 14.0. The average molecular weight is 571 g/mol. The zero-order valence-corrected chi connectivity index (χ0v) is 25.1. The van der Waals surface area contributed by atoms with E-state index in [4.69, 9.17) is 9.47 Å². The zero-order chi connectivity index (χ0) is 29.8. The van der Waals surface area contributed by atoms with Crippen LogP contribution in [-0.4, -0.2) is 70.2 Å². The van der Waals surface area contributed by atoms with Crippen LogP contribution in [0.5, 0.6) is 11.5 Å². The van der Waals surface area contributed by atoms with Crippen LogP contribution in [-0.2, 0) is 21.4 Å². The van der Waals surface area contributed by atoms with Crippen LogP contribution in [0.1, 0.15) is 62.3 Å². The smallest absolute Gasteiger partial charge is 0.308 e. The van der Waals surface area contributed by atoms with Crippen LogP contribution in [0, 0.1) is 12.8 Å². The summed E-state index contributed by atoms with van der Waals surface area (Å²) in [7, 11) is 0. The van der Waals surface area contributed by atoms with E-state index in [0.717, 1.165) is 28.8 Å². The molecule has 6 rings (SSSR count). The van der Waals surface area contributed by atoms with Crippen LogP contribution in [0.2, 0.25) is 0 Å².